The first-order valence-electron chi connectivity index (χ1n) is 4.17. The SMILES string of the molecule is CC(NCCCF)c1cccs1. The Morgan fingerprint density at radius 2 is 2.50 bits per heavy atom. The summed E-state index contributed by atoms with van der Waals surface area (Å²) >= 11 is 1.73. The fraction of sp³-hybridized carbons (Fsp3) is 0.556. The lowest BCUT2D eigenvalue weighted by Gasteiger charge is -2.10. The molecule has 0 aliphatic rings. The molecule has 1 unspecified atom stereocenters. The molecule has 1 aromatic rings. The summed E-state index contributed by atoms with van der Waals surface area (Å²) in [5.74, 6) is 0. The van der Waals surface area contributed by atoms with E-state index in [0.29, 0.717) is 12.5 Å². The Hall–Kier alpha value is -0.410. The Morgan fingerprint density at radius 1 is 1.67 bits per heavy atom. The van der Waals surface area contributed by atoms with Crippen molar-refractivity contribution in [3.63, 3.8) is 0 Å². The van der Waals surface area contributed by atoms with E-state index in [4.69, 9.17) is 0 Å². The van der Waals surface area contributed by atoms with Gasteiger partial charge < -0.3 is 5.32 Å². The molecule has 0 aliphatic carbocycles. The Kier molecular flexibility index (Phi) is 4.25. The normalized spacial score (nSPS) is 13.2. The molecule has 0 aromatic carbocycles. The maximum absolute atomic E-state index is 11.7. The van der Waals surface area contributed by atoms with Gasteiger partial charge in [-0.05, 0) is 31.3 Å². The number of hydrogen-bond acceptors (Lipinski definition) is 2. The molecule has 1 heterocycles. The van der Waals surface area contributed by atoms with Gasteiger partial charge in [0.25, 0.3) is 0 Å². The van der Waals surface area contributed by atoms with Crippen LogP contribution in [0.15, 0.2) is 17.5 Å². The fourth-order valence-corrected chi connectivity index (χ4v) is 1.78. The first kappa shape index (κ1) is 9.68. The number of thiophene rings is 1. The molecule has 1 rings (SSSR count). The molecule has 1 nitrogen and oxygen atoms in total. The van der Waals surface area contributed by atoms with Gasteiger partial charge in [0, 0.05) is 10.9 Å². The van der Waals surface area contributed by atoms with E-state index in [-0.39, 0.29) is 6.67 Å². The van der Waals surface area contributed by atoms with Gasteiger partial charge >= 0.3 is 0 Å². The lowest BCUT2D eigenvalue weighted by molar-refractivity contribution is 0.447. The number of hydrogen-bond donors (Lipinski definition) is 1. The van der Waals surface area contributed by atoms with E-state index >= 15 is 0 Å². The van der Waals surface area contributed by atoms with Crippen LogP contribution in [0.3, 0.4) is 0 Å². The minimum atomic E-state index is -0.232. The summed E-state index contributed by atoms with van der Waals surface area (Å²) in [6, 6.07) is 4.49. The average molecular weight is 187 g/mol. The first-order chi connectivity index (χ1) is 5.84. The van der Waals surface area contributed by atoms with Crippen molar-refractivity contribution in [3.05, 3.63) is 22.4 Å². The van der Waals surface area contributed by atoms with E-state index in [0.717, 1.165) is 6.54 Å². The number of nitrogens with one attached hydrogen (secondary N) is 1. The van der Waals surface area contributed by atoms with Crippen molar-refractivity contribution in [2.24, 2.45) is 0 Å². The van der Waals surface area contributed by atoms with Crippen molar-refractivity contribution in [2.75, 3.05) is 13.2 Å². The lowest BCUT2D eigenvalue weighted by Crippen LogP contribution is -2.19. The van der Waals surface area contributed by atoms with Gasteiger partial charge in [0.2, 0.25) is 0 Å². The molecular weight excluding hydrogens is 173 g/mol. The number of halogens is 1. The highest BCUT2D eigenvalue weighted by atomic mass is 32.1. The van der Waals surface area contributed by atoms with Crippen LogP contribution in [0.5, 0.6) is 0 Å². The van der Waals surface area contributed by atoms with Gasteiger partial charge in [0.1, 0.15) is 0 Å². The summed E-state index contributed by atoms with van der Waals surface area (Å²) in [6.07, 6.45) is 0.607. The lowest BCUT2D eigenvalue weighted by atomic mass is 10.2. The van der Waals surface area contributed by atoms with E-state index in [2.05, 4.69) is 23.7 Å². The van der Waals surface area contributed by atoms with Crippen LogP contribution in [-0.2, 0) is 0 Å². The van der Waals surface area contributed by atoms with Crippen molar-refractivity contribution in [1.29, 1.82) is 0 Å². The summed E-state index contributed by atoms with van der Waals surface area (Å²) in [5.41, 5.74) is 0. The molecule has 1 aromatic heterocycles. The second kappa shape index (κ2) is 5.27. The highest BCUT2D eigenvalue weighted by Crippen LogP contribution is 2.17. The van der Waals surface area contributed by atoms with Crippen LogP contribution in [0.4, 0.5) is 4.39 Å². The number of rotatable bonds is 5. The molecule has 1 N–H and O–H groups in total. The third kappa shape index (κ3) is 2.91. The zero-order chi connectivity index (χ0) is 8.81. The van der Waals surface area contributed by atoms with Crippen LogP contribution in [0.1, 0.15) is 24.3 Å². The van der Waals surface area contributed by atoms with E-state index in [1.54, 1.807) is 11.3 Å². The smallest absolute Gasteiger partial charge is 0.0906 e. The van der Waals surface area contributed by atoms with Crippen molar-refractivity contribution >= 4 is 11.3 Å². The van der Waals surface area contributed by atoms with Crippen molar-refractivity contribution < 1.29 is 4.39 Å². The topological polar surface area (TPSA) is 12.0 Å². The minimum absolute atomic E-state index is 0.232. The van der Waals surface area contributed by atoms with Gasteiger partial charge in [0.15, 0.2) is 0 Å². The van der Waals surface area contributed by atoms with E-state index in [9.17, 15) is 4.39 Å². The van der Waals surface area contributed by atoms with E-state index in [1.165, 1.54) is 4.88 Å². The van der Waals surface area contributed by atoms with Gasteiger partial charge in [-0.2, -0.15) is 0 Å². The largest absolute Gasteiger partial charge is 0.309 e. The van der Waals surface area contributed by atoms with Crippen molar-refractivity contribution in [1.82, 2.24) is 5.32 Å². The fourth-order valence-electron chi connectivity index (χ4n) is 1.02. The van der Waals surface area contributed by atoms with Gasteiger partial charge in [-0.15, -0.1) is 11.3 Å². The predicted octanol–water partition coefficient (Wildman–Crippen LogP) is 2.76. The predicted molar refractivity (Wildman–Crippen MR) is 51.3 cm³/mol. The summed E-state index contributed by atoms with van der Waals surface area (Å²) < 4.78 is 11.7. The maximum Gasteiger partial charge on any atom is 0.0906 e. The molecule has 0 amide bonds. The van der Waals surface area contributed by atoms with Crippen LogP contribution in [0.25, 0.3) is 0 Å². The monoisotopic (exact) mass is 187 g/mol. The molecule has 0 saturated heterocycles. The molecule has 0 bridgehead atoms. The highest BCUT2D eigenvalue weighted by Gasteiger charge is 2.03. The molecule has 0 radical (unpaired) electrons. The van der Waals surface area contributed by atoms with Crippen LogP contribution in [0, 0.1) is 0 Å². The zero-order valence-corrected chi connectivity index (χ0v) is 8.03. The second-order valence-electron chi connectivity index (χ2n) is 2.73. The van der Waals surface area contributed by atoms with Gasteiger partial charge in [-0.1, -0.05) is 6.07 Å². The standard InChI is InChI=1S/C9H14FNS/c1-8(11-6-3-5-10)9-4-2-7-12-9/h2,4,7-8,11H,3,5-6H2,1H3. The third-order valence-electron chi connectivity index (χ3n) is 1.73. The molecule has 0 aliphatic heterocycles. The van der Waals surface area contributed by atoms with E-state index < -0.39 is 0 Å². The van der Waals surface area contributed by atoms with Crippen LogP contribution in [-0.4, -0.2) is 13.2 Å². The van der Waals surface area contributed by atoms with E-state index in [1.807, 2.05) is 6.07 Å². The second-order valence-corrected chi connectivity index (χ2v) is 3.71. The Labute approximate surface area is 76.6 Å². The molecule has 1 atom stereocenters. The maximum atomic E-state index is 11.7. The molecule has 0 spiro atoms. The molecule has 0 saturated carbocycles. The van der Waals surface area contributed by atoms with Gasteiger partial charge in [-0.25, -0.2) is 0 Å². The van der Waals surface area contributed by atoms with Crippen LogP contribution in [0.2, 0.25) is 0 Å². The van der Waals surface area contributed by atoms with Gasteiger partial charge in [0.05, 0.1) is 6.67 Å². The van der Waals surface area contributed by atoms with Crippen LogP contribution < -0.4 is 5.32 Å². The summed E-state index contributed by atoms with van der Waals surface area (Å²) in [4.78, 5) is 1.31. The summed E-state index contributed by atoms with van der Waals surface area (Å²) in [5, 5.41) is 5.31. The first-order valence-corrected chi connectivity index (χ1v) is 5.05. The van der Waals surface area contributed by atoms with Crippen LogP contribution >= 0.6 is 11.3 Å². The zero-order valence-electron chi connectivity index (χ0n) is 7.22. The quantitative estimate of drug-likeness (QED) is 0.699. The third-order valence-corrected chi connectivity index (χ3v) is 2.79. The minimum Gasteiger partial charge on any atom is -0.309 e. The molecule has 12 heavy (non-hydrogen) atoms. The molecular formula is C9H14FNS. The molecule has 68 valence electrons. The summed E-state index contributed by atoms with van der Waals surface area (Å²) in [6.45, 7) is 2.63. The van der Waals surface area contributed by atoms with Crippen molar-refractivity contribution in [2.45, 2.75) is 19.4 Å². The Bertz CT molecular complexity index is 198. The Morgan fingerprint density at radius 3 is 3.08 bits per heavy atom. The molecule has 0 fully saturated rings. The molecule has 3 heteroatoms. The number of alkyl halides is 1. The Balaban J connectivity index is 2.25. The highest BCUT2D eigenvalue weighted by molar-refractivity contribution is 7.10. The average Bonchev–Trinajstić information content (AvgIpc) is 2.56. The van der Waals surface area contributed by atoms with Gasteiger partial charge in [-0.3, -0.25) is 4.39 Å². The summed E-state index contributed by atoms with van der Waals surface area (Å²) in [7, 11) is 0. The van der Waals surface area contributed by atoms with Crippen molar-refractivity contribution in [3.8, 4) is 0 Å².